The molecule has 1 fully saturated rings. The Morgan fingerprint density at radius 2 is 1.93 bits per heavy atom. The zero-order valence-electron chi connectivity index (χ0n) is 16.5. The SMILES string of the molecule is CCN1C(=O)/C(=C\c2cc([N+](=O)[O-])cc(OC)c2O)SC1=Nc1ccc(OC)cc1. The number of aromatic hydroxyl groups is 1. The number of thioether (sulfide) groups is 1. The number of likely N-dealkylation sites (N-methyl/N-ethyl adjacent to an activating group) is 1. The summed E-state index contributed by atoms with van der Waals surface area (Å²) >= 11 is 1.12. The number of phenolic OH excluding ortho intramolecular Hbond substituents is 1. The molecule has 1 saturated heterocycles. The lowest BCUT2D eigenvalue weighted by molar-refractivity contribution is -0.385. The van der Waals surface area contributed by atoms with Crippen LogP contribution >= 0.6 is 11.8 Å². The minimum absolute atomic E-state index is 0.0500. The Labute approximate surface area is 176 Å². The van der Waals surface area contributed by atoms with Crippen molar-refractivity contribution in [3.05, 3.63) is 57.0 Å². The molecule has 3 rings (SSSR count). The predicted molar refractivity (Wildman–Crippen MR) is 114 cm³/mol. The number of nitrogens with zero attached hydrogens (tertiary/aromatic N) is 3. The third kappa shape index (κ3) is 4.23. The van der Waals surface area contributed by atoms with Crippen molar-refractivity contribution in [2.75, 3.05) is 20.8 Å². The van der Waals surface area contributed by atoms with Gasteiger partial charge in [-0.1, -0.05) is 0 Å². The number of methoxy groups -OCH3 is 2. The van der Waals surface area contributed by atoms with E-state index < -0.39 is 4.92 Å². The highest BCUT2D eigenvalue weighted by atomic mass is 32.2. The van der Waals surface area contributed by atoms with Gasteiger partial charge in [0.25, 0.3) is 11.6 Å². The molecule has 1 amide bonds. The van der Waals surface area contributed by atoms with Crippen molar-refractivity contribution in [3.8, 4) is 17.2 Å². The Kier molecular flexibility index (Phi) is 6.26. The maximum atomic E-state index is 12.8. The number of amides is 1. The largest absolute Gasteiger partial charge is 0.504 e. The molecule has 0 bridgehead atoms. The minimum Gasteiger partial charge on any atom is -0.504 e. The topological polar surface area (TPSA) is 115 Å². The number of non-ortho nitro benzene ring substituents is 1. The molecule has 1 aliphatic rings. The molecule has 1 aliphatic heterocycles. The van der Waals surface area contributed by atoms with Crippen LogP contribution in [0.25, 0.3) is 6.08 Å². The van der Waals surface area contributed by atoms with Crippen LogP contribution in [0, 0.1) is 10.1 Å². The number of hydrogen-bond donors (Lipinski definition) is 1. The first-order valence-corrected chi connectivity index (χ1v) is 9.69. The van der Waals surface area contributed by atoms with Crippen LogP contribution in [-0.2, 0) is 4.79 Å². The number of nitro benzene ring substituents is 1. The first kappa shape index (κ1) is 21.2. The van der Waals surface area contributed by atoms with Gasteiger partial charge in [-0.15, -0.1) is 0 Å². The van der Waals surface area contributed by atoms with Crippen molar-refractivity contribution < 1.29 is 24.3 Å². The molecule has 0 spiro atoms. The molecular formula is C20H19N3O6S. The average Bonchev–Trinajstić information content (AvgIpc) is 3.03. The summed E-state index contributed by atoms with van der Waals surface area (Å²) in [7, 11) is 2.87. The molecule has 30 heavy (non-hydrogen) atoms. The first-order valence-electron chi connectivity index (χ1n) is 8.87. The van der Waals surface area contributed by atoms with E-state index in [1.54, 1.807) is 31.4 Å². The van der Waals surface area contributed by atoms with Gasteiger partial charge in [-0.25, -0.2) is 4.99 Å². The molecule has 0 radical (unpaired) electrons. The van der Waals surface area contributed by atoms with Gasteiger partial charge in [-0.05, 0) is 49.0 Å². The van der Waals surface area contributed by atoms with Crippen molar-refractivity contribution in [2.45, 2.75) is 6.92 Å². The molecule has 0 unspecified atom stereocenters. The Balaban J connectivity index is 2.00. The van der Waals surface area contributed by atoms with Crippen LogP contribution in [0.1, 0.15) is 12.5 Å². The van der Waals surface area contributed by atoms with Gasteiger partial charge >= 0.3 is 0 Å². The normalized spacial score (nSPS) is 16.4. The van der Waals surface area contributed by atoms with Gasteiger partial charge in [-0.2, -0.15) is 0 Å². The van der Waals surface area contributed by atoms with Gasteiger partial charge in [0.1, 0.15) is 5.75 Å². The van der Waals surface area contributed by atoms with E-state index in [9.17, 15) is 20.0 Å². The monoisotopic (exact) mass is 429 g/mol. The van der Waals surface area contributed by atoms with Gasteiger partial charge < -0.3 is 14.6 Å². The van der Waals surface area contributed by atoms with Crippen LogP contribution in [0.5, 0.6) is 17.2 Å². The molecule has 2 aromatic carbocycles. The fourth-order valence-electron chi connectivity index (χ4n) is 2.76. The van der Waals surface area contributed by atoms with Crippen LogP contribution < -0.4 is 9.47 Å². The van der Waals surface area contributed by atoms with E-state index >= 15 is 0 Å². The van der Waals surface area contributed by atoms with Crippen molar-refractivity contribution in [2.24, 2.45) is 4.99 Å². The summed E-state index contributed by atoms with van der Waals surface area (Å²) in [5.74, 6) is 0.0512. The van der Waals surface area contributed by atoms with Crippen LogP contribution in [0.4, 0.5) is 11.4 Å². The zero-order chi connectivity index (χ0) is 21.8. The zero-order valence-corrected chi connectivity index (χ0v) is 17.3. The molecular weight excluding hydrogens is 410 g/mol. The predicted octanol–water partition coefficient (Wildman–Crippen LogP) is 3.94. The Hall–Kier alpha value is -3.53. The van der Waals surface area contributed by atoms with Gasteiger partial charge in [0, 0.05) is 18.2 Å². The molecule has 1 N–H and O–H groups in total. The lowest BCUT2D eigenvalue weighted by Gasteiger charge is -2.12. The number of amidine groups is 1. The number of aliphatic imine (C=N–C) groups is 1. The van der Waals surface area contributed by atoms with Gasteiger partial charge in [0.15, 0.2) is 16.7 Å². The molecule has 0 atom stereocenters. The fraction of sp³-hybridized carbons (Fsp3) is 0.200. The van der Waals surface area contributed by atoms with Crippen molar-refractivity contribution in [3.63, 3.8) is 0 Å². The molecule has 9 nitrogen and oxygen atoms in total. The molecule has 2 aromatic rings. The summed E-state index contributed by atoms with van der Waals surface area (Å²) in [6.45, 7) is 2.21. The Bertz CT molecular complexity index is 1050. The van der Waals surface area contributed by atoms with E-state index in [0.717, 1.165) is 17.8 Å². The smallest absolute Gasteiger partial charge is 0.274 e. The summed E-state index contributed by atoms with van der Waals surface area (Å²) in [6.07, 6.45) is 1.40. The highest BCUT2D eigenvalue weighted by Gasteiger charge is 2.32. The van der Waals surface area contributed by atoms with Crippen molar-refractivity contribution >= 4 is 40.3 Å². The number of benzene rings is 2. The summed E-state index contributed by atoms with van der Waals surface area (Å²) in [5.41, 5.74) is 0.496. The highest BCUT2D eigenvalue weighted by Crippen LogP contribution is 2.39. The number of carbonyl (C=O) groups is 1. The van der Waals surface area contributed by atoms with Gasteiger partial charge in [0.05, 0.1) is 35.8 Å². The Morgan fingerprint density at radius 3 is 2.50 bits per heavy atom. The molecule has 0 saturated carbocycles. The number of rotatable bonds is 6. The van der Waals surface area contributed by atoms with Gasteiger partial charge in [-0.3, -0.25) is 19.8 Å². The Morgan fingerprint density at radius 1 is 1.23 bits per heavy atom. The standard InChI is InChI=1S/C20H19N3O6S/c1-4-22-19(25)17(30-20(22)21-13-5-7-15(28-2)8-6-13)10-12-9-14(23(26)27)11-16(29-3)18(12)24/h5-11,24H,4H2,1-3H3/b17-10+,21-20?. The highest BCUT2D eigenvalue weighted by molar-refractivity contribution is 8.18. The summed E-state index contributed by atoms with van der Waals surface area (Å²) in [5, 5.41) is 22.0. The van der Waals surface area contributed by atoms with Crippen LogP contribution in [0.15, 0.2) is 46.3 Å². The second-order valence-corrected chi connectivity index (χ2v) is 7.10. The van der Waals surface area contributed by atoms with Crippen LogP contribution in [0.2, 0.25) is 0 Å². The lowest BCUT2D eigenvalue weighted by atomic mass is 10.1. The van der Waals surface area contributed by atoms with Gasteiger partial charge in [0.2, 0.25) is 0 Å². The fourth-order valence-corrected chi connectivity index (χ4v) is 3.82. The van der Waals surface area contributed by atoms with Crippen LogP contribution in [0.3, 0.4) is 0 Å². The van der Waals surface area contributed by atoms with E-state index in [1.165, 1.54) is 24.2 Å². The maximum absolute atomic E-state index is 12.8. The molecule has 10 heteroatoms. The number of ether oxygens (including phenoxy) is 2. The summed E-state index contributed by atoms with van der Waals surface area (Å²) in [6, 6.07) is 9.37. The van der Waals surface area contributed by atoms with Crippen molar-refractivity contribution in [1.82, 2.24) is 4.90 Å². The summed E-state index contributed by atoms with van der Waals surface area (Å²) < 4.78 is 10.1. The van der Waals surface area contributed by atoms with E-state index in [0.29, 0.717) is 23.1 Å². The number of hydrogen-bond acceptors (Lipinski definition) is 8. The number of nitro groups is 1. The molecule has 156 valence electrons. The third-order valence-electron chi connectivity index (χ3n) is 4.31. The minimum atomic E-state index is -0.595. The quantitative estimate of drug-likeness (QED) is 0.420. The van der Waals surface area contributed by atoms with E-state index in [4.69, 9.17) is 9.47 Å². The maximum Gasteiger partial charge on any atom is 0.274 e. The lowest BCUT2D eigenvalue weighted by Crippen LogP contribution is -2.28. The number of phenols is 1. The van der Waals surface area contributed by atoms with E-state index in [1.807, 2.05) is 6.92 Å². The first-order chi connectivity index (χ1) is 14.4. The van der Waals surface area contributed by atoms with E-state index in [2.05, 4.69) is 4.99 Å². The van der Waals surface area contributed by atoms with Crippen molar-refractivity contribution in [1.29, 1.82) is 0 Å². The average molecular weight is 429 g/mol. The molecule has 1 heterocycles. The molecule has 0 aliphatic carbocycles. The molecule has 0 aromatic heterocycles. The third-order valence-corrected chi connectivity index (χ3v) is 5.31. The second-order valence-electron chi connectivity index (χ2n) is 6.10. The number of carbonyl (C=O) groups excluding carboxylic acids is 1. The van der Waals surface area contributed by atoms with E-state index in [-0.39, 0.29) is 33.6 Å². The summed E-state index contributed by atoms with van der Waals surface area (Å²) in [4.78, 5) is 29.7. The van der Waals surface area contributed by atoms with Crippen LogP contribution in [-0.4, -0.2) is 46.8 Å². The second kappa shape index (κ2) is 8.87.